The van der Waals surface area contributed by atoms with Crippen molar-refractivity contribution in [2.75, 3.05) is 11.4 Å². The van der Waals surface area contributed by atoms with Crippen molar-refractivity contribution in [3.05, 3.63) is 64.7 Å². The molecule has 126 valence electrons. The maximum absolute atomic E-state index is 12.8. The summed E-state index contributed by atoms with van der Waals surface area (Å²) in [4.78, 5) is 14.8. The van der Waals surface area contributed by atoms with Gasteiger partial charge in [0, 0.05) is 22.8 Å². The predicted molar refractivity (Wildman–Crippen MR) is 99.6 cm³/mol. The van der Waals surface area contributed by atoms with Crippen LogP contribution in [-0.4, -0.2) is 18.5 Å². The number of para-hydroxylation sites is 1. The molecule has 1 aliphatic rings. The SMILES string of the molecule is CC(NCC(=O)N1c2ccccc2CCC1C)c1ccccc1Cl. The molecule has 2 unspecified atom stereocenters. The standard InChI is InChI=1S/C20H23ClN2O/c1-14-11-12-16-7-3-6-10-19(16)23(14)20(24)13-22-15(2)17-8-4-5-9-18(17)21/h3-10,14-15,22H,11-13H2,1-2H3. The Labute approximate surface area is 148 Å². The zero-order chi connectivity index (χ0) is 17.1. The van der Waals surface area contributed by atoms with Gasteiger partial charge in [0.1, 0.15) is 0 Å². The number of benzene rings is 2. The van der Waals surface area contributed by atoms with E-state index in [0.717, 1.165) is 29.1 Å². The number of anilines is 1. The first kappa shape index (κ1) is 17.0. The highest BCUT2D eigenvalue weighted by molar-refractivity contribution is 6.31. The van der Waals surface area contributed by atoms with Crippen LogP contribution in [0.2, 0.25) is 5.02 Å². The van der Waals surface area contributed by atoms with E-state index >= 15 is 0 Å². The molecule has 2 aromatic carbocycles. The van der Waals surface area contributed by atoms with Crippen LogP contribution in [0.5, 0.6) is 0 Å². The van der Waals surface area contributed by atoms with Crippen molar-refractivity contribution in [2.24, 2.45) is 0 Å². The molecule has 0 aromatic heterocycles. The number of carbonyl (C=O) groups is 1. The van der Waals surface area contributed by atoms with Crippen molar-refractivity contribution < 1.29 is 4.79 Å². The first-order valence-corrected chi connectivity index (χ1v) is 8.83. The van der Waals surface area contributed by atoms with Crippen molar-refractivity contribution in [1.29, 1.82) is 0 Å². The minimum Gasteiger partial charge on any atom is -0.308 e. The number of nitrogens with zero attached hydrogens (tertiary/aromatic N) is 1. The first-order valence-electron chi connectivity index (χ1n) is 8.45. The molecule has 0 spiro atoms. The quantitative estimate of drug-likeness (QED) is 0.895. The van der Waals surface area contributed by atoms with E-state index in [1.54, 1.807) is 0 Å². The van der Waals surface area contributed by atoms with Crippen LogP contribution in [0.3, 0.4) is 0 Å². The third-order valence-corrected chi connectivity index (χ3v) is 5.07. The molecule has 3 nitrogen and oxygen atoms in total. The smallest absolute Gasteiger partial charge is 0.241 e. The van der Waals surface area contributed by atoms with E-state index in [0.29, 0.717) is 6.54 Å². The van der Waals surface area contributed by atoms with Crippen LogP contribution in [0.1, 0.15) is 37.4 Å². The molecular formula is C20H23ClN2O. The molecule has 1 N–H and O–H groups in total. The second kappa shape index (κ2) is 7.37. The molecule has 4 heteroatoms. The number of hydrogen-bond donors (Lipinski definition) is 1. The van der Waals surface area contributed by atoms with E-state index in [1.807, 2.05) is 54.3 Å². The molecule has 0 saturated carbocycles. The summed E-state index contributed by atoms with van der Waals surface area (Å²) in [6, 6.07) is 16.2. The Kier molecular flexibility index (Phi) is 5.22. The molecule has 1 aliphatic heterocycles. The molecule has 0 saturated heterocycles. The Morgan fingerprint density at radius 1 is 1.25 bits per heavy atom. The van der Waals surface area contributed by atoms with Crippen LogP contribution in [0, 0.1) is 0 Å². The second-order valence-corrected chi connectivity index (χ2v) is 6.81. The number of carbonyl (C=O) groups excluding carboxylic acids is 1. The van der Waals surface area contributed by atoms with Crippen LogP contribution in [0.4, 0.5) is 5.69 Å². The normalized spacial score (nSPS) is 18.1. The van der Waals surface area contributed by atoms with Crippen molar-refractivity contribution in [2.45, 2.75) is 38.8 Å². The molecule has 3 rings (SSSR count). The third kappa shape index (κ3) is 3.47. The number of fused-ring (bicyclic) bond motifs is 1. The number of nitrogens with one attached hydrogen (secondary N) is 1. The van der Waals surface area contributed by atoms with E-state index in [1.165, 1.54) is 5.56 Å². The van der Waals surface area contributed by atoms with Gasteiger partial charge in [-0.1, -0.05) is 48.0 Å². The zero-order valence-electron chi connectivity index (χ0n) is 14.1. The number of hydrogen-bond acceptors (Lipinski definition) is 2. The zero-order valence-corrected chi connectivity index (χ0v) is 14.9. The number of aryl methyl sites for hydroxylation is 1. The van der Waals surface area contributed by atoms with Crippen LogP contribution in [0.25, 0.3) is 0 Å². The molecule has 0 bridgehead atoms. The van der Waals surface area contributed by atoms with Gasteiger partial charge in [0.25, 0.3) is 0 Å². The van der Waals surface area contributed by atoms with E-state index in [2.05, 4.69) is 18.3 Å². The van der Waals surface area contributed by atoms with Crippen molar-refractivity contribution in [3.63, 3.8) is 0 Å². The van der Waals surface area contributed by atoms with Gasteiger partial charge in [0.15, 0.2) is 0 Å². The molecule has 24 heavy (non-hydrogen) atoms. The minimum atomic E-state index is 0.0259. The van der Waals surface area contributed by atoms with Crippen LogP contribution in [0.15, 0.2) is 48.5 Å². The van der Waals surface area contributed by atoms with E-state index < -0.39 is 0 Å². The Bertz CT molecular complexity index is 731. The van der Waals surface area contributed by atoms with Crippen molar-refractivity contribution in [1.82, 2.24) is 5.32 Å². The predicted octanol–water partition coefficient (Wildman–Crippen LogP) is 4.36. The summed E-state index contributed by atoms with van der Waals surface area (Å²) < 4.78 is 0. The fourth-order valence-corrected chi connectivity index (χ4v) is 3.63. The fourth-order valence-electron chi connectivity index (χ4n) is 3.33. The van der Waals surface area contributed by atoms with Gasteiger partial charge in [0.05, 0.1) is 6.54 Å². The van der Waals surface area contributed by atoms with Gasteiger partial charge in [-0.3, -0.25) is 4.79 Å². The summed E-state index contributed by atoms with van der Waals surface area (Å²) in [6.07, 6.45) is 2.04. The van der Waals surface area contributed by atoms with Gasteiger partial charge < -0.3 is 10.2 Å². The van der Waals surface area contributed by atoms with Crippen LogP contribution < -0.4 is 10.2 Å². The Morgan fingerprint density at radius 3 is 2.75 bits per heavy atom. The van der Waals surface area contributed by atoms with Crippen LogP contribution >= 0.6 is 11.6 Å². The van der Waals surface area contributed by atoms with E-state index in [4.69, 9.17) is 11.6 Å². The van der Waals surface area contributed by atoms with Crippen molar-refractivity contribution >= 4 is 23.2 Å². The summed E-state index contributed by atoms with van der Waals surface area (Å²) in [5.41, 5.74) is 3.32. The average molecular weight is 343 g/mol. The fraction of sp³-hybridized carbons (Fsp3) is 0.350. The third-order valence-electron chi connectivity index (χ3n) is 4.72. The summed E-state index contributed by atoms with van der Waals surface area (Å²) >= 11 is 6.24. The molecule has 0 radical (unpaired) electrons. The summed E-state index contributed by atoms with van der Waals surface area (Å²) in [6.45, 7) is 4.44. The van der Waals surface area contributed by atoms with Gasteiger partial charge in [-0.2, -0.15) is 0 Å². The molecule has 1 amide bonds. The highest BCUT2D eigenvalue weighted by Crippen LogP contribution is 2.30. The highest BCUT2D eigenvalue weighted by atomic mass is 35.5. The Balaban J connectivity index is 1.70. The lowest BCUT2D eigenvalue weighted by molar-refractivity contribution is -0.118. The maximum atomic E-state index is 12.8. The molecular weight excluding hydrogens is 320 g/mol. The molecule has 2 atom stereocenters. The van der Waals surface area contributed by atoms with E-state index in [9.17, 15) is 4.79 Å². The lowest BCUT2D eigenvalue weighted by Gasteiger charge is -2.35. The lowest BCUT2D eigenvalue weighted by Crippen LogP contribution is -2.46. The molecule has 1 heterocycles. The summed E-state index contributed by atoms with van der Waals surface area (Å²) in [7, 11) is 0. The van der Waals surface area contributed by atoms with Gasteiger partial charge >= 0.3 is 0 Å². The summed E-state index contributed by atoms with van der Waals surface area (Å²) in [5.74, 6) is 0.105. The first-order chi connectivity index (χ1) is 11.6. The van der Waals surface area contributed by atoms with E-state index in [-0.39, 0.29) is 18.0 Å². The number of halogens is 1. The molecule has 0 fully saturated rings. The largest absolute Gasteiger partial charge is 0.308 e. The topological polar surface area (TPSA) is 32.3 Å². The van der Waals surface area contributed by atoms with Gasteiger partial charge in [0.2, 0.25) is 5.91 Å². The Hall–Kier alpha value is -1.84. The highest BCUT2D eigenvalue weighted by Gasteiger charge is 2.27. The second-order valence-electron chi connectivity index (χ2n) is 6.40. The summed E-state index contributed by atoms with van der Waals surface area (Å²) in [5, 5.41) is 4.04. The van der Waals surface area contributed by atoms with Crippen LogP contribution in [-0.2, 0) is 11.2 Å². The lowest BCUT2D eigenvalue weighted by atomic mass is 9.96. The molecule has 2 aromatic rings. The number of rotatable bonds is 4. The maximum Gasteiger partial charge on any atom is 0.241 e. The average Bonchev–Trinajstić information content (AvgIpc) is 2.59. The number of amides is 1. The van der Waals surface area contributed by atoms with Gasteiger partial charge in [-0.05, 0) is 49.9 Å². The molecule has 0 aliphatic carbocycles. The van der Waals surface area contributed by atoms with Crippen molar-refractivity contribution in [3.8, 4) is 0 Å². The van der Waals surface area contributed by atoms with Gasteiger partial charge in [-0.25, -0.2) is 0 Å². The van der Waals surface area contributed by atoms with Gasteiger partial charge in [-0.15, -0.1) is 0 Å². The monoisotopic (exact) mass is 342 g/mol. The minimum absolute atomic E-state index is 0.0259. The Morgan fingerprint density at radius 2 is 1.96 bits per heavy atom.